The van der Waals surface area contributed by atoms with E-state index in [-0.39, 0.29) is 0 Å². The molecule has 2 aromatic carbocycles. The van der Waals surface area contributed by atoms with Gasteiger partial charge in [0.1, 0.15) is 0 Å². The monoisotopic (exact) mass is 394 g/mol. The van der Waals surface area contributed by atoms with E-state index in [2.05, 4.69) is 79.7 Å². The average molecular weight is 395 g/mol. The van der Waals surface area contributed by atoms with Crippen LogP contribution in [0.2, 0.25) is 0 Å². The molecule has 2 rings (SSSR count). The summed E-state index contributed by atoms with van der Waals surface area (Å²) in [4.78, 5) is 0. The molecule has 0 amide bonds. The summed E-state index contributed by atoms with van der Waals surface area (Å²) in [7, 11) is 0. The molecule has 0 bridgehead atoms. The Morgan fingerprint density at radius 1 is 0.621 bits per heavy atom. The maximum absolute atomic E-state index is 6.67. The zero-order valence-corrected chi connectivity index (χ0v) is 19.9. The Bertz CT molecular complexity index is 763. The minimum Gasteiger partial charge on any atom is -0.398 e. The molecule has 0 saturated carbocycles. The minimum atomic E-state index is 0.410. The van der Waals surface area contributed by atoms with E-state index >= 15 is 0 Å². The van der Waals surface area contributed by atoms with Crippen molar-refractivity contribution in [3.8, 4) is 0 Å². The largest absolute Gasteiger partial charge is 0.398 e. The summed E-state index contributed by atoms with van der Waals surface area (Å²) in [5, 5.41) is 0. The molecule has 0 fully saturated rings. The van der Waals surface area contributed by atoms with Gasteiger partial charge in [0.2, 0.25) is 0 Å². The van der Waals surface area contributed by atoms with Gasteiger partial charge < -0.3 is 11.5 Å². The van der Waals surface area contributed by atoms with Crippen molar-refractivity contribution in [3.05, 3.63) is 57.6 Å². The molecule has 0 aliphatic heterocycles. The number of nitrogen functional groups attached to an aromatic ring is 2. The van der Waals surface area contributed by atoms with Crippen LogP contribution in [-0.2, 0) is 6.42 Å². The van der Waals surface area contributed by atoms with E-state index in [9.17, 15) is 0 Å². The Kier molecular flexibility index (Phi) is 7.80. The van der Waals surface area contributed by atoms with Crippen LogP contribution in [0.25, 0.3) is 0 Å². The molecule has 0 aliphatic rings. The van der Waals surface area contributed by atoms with Gasteiger partial charge in [0, 0.05) is 17.8 Å². The van der Waals surface area contributed by atoms with Crippen LogP contribution in [0.4, 0.5) is 11.4 Å². The molecule has 2 atom stereocenters. The number of hydrogen-bond acceptors (Lipinski definition) is 2. The van der Waals surface area contributed by atoms with Crippen LogP contribution < -0.4 is 11.5 Å². The lowest BCUT2D eigenvalue weighted by Gasteiger charge is -2.22. The normalized spacial score (nSPS) is 13.9. The molecule has 2 heteroatoms. The van der Waals surface area contributed by atoms with Crippen LogP contribution in [-0.4, -0.2) is 0 Å². The van der Waals surface area contributed by atoms with Gasteiger partial charge >= 0.3 is 0 Å². The van der Waals surface area contributed by atoms with E-state index in [1.807, 2.05) is 0 Å². The predicted molar refractivity (Wildman–Crippen MR) is 130 cm³/mol. The summed E-state index contributed by atoms with van der Waals surface area (Å²) in [5.41, 5.74) is 23.0. The highest BCUT2D eigenvalue weighted by Gasteiger charge is 2.18. The summed E-state index contributed by atoms with van der Waals surface area (Å²) in [5.74, 6) is 1.88. The van der Waals surface area contributed by atoms with E-state index in [1.54, 1.807) is 0 Å². The third-order valence-corrected chi connectivity index (χ3v) is 6.63. The van der Waals surface area contributed by atoms with Crippen molar-refractivity contribution >= 4 is 11.4 Å². The fraction of sp³-hybridized carbons (Fsp3) is 0.556. The zero-order valence-electron chi connectivity index (χ0n) is 19.9. The molecule has 160 valence electrons. The van der Waals surface area contributed by atoms with E-state index < -0.39 is 0 Å². The molecule has 2 aromatic rings. The van der Waals surface area contributed by atoms with Crippen LogP contribution in [0.3, 0.4) is 0 Å². The molecule has 0 heterocycles. The zero-order chi connectivity index (χ0) is 21.9. The third-order valence-electron chi connectivity index (χ3n) is 6.63. The highest BCUT2D eigenvalue weighted by atomic mass is 14.6. The second-order valence-electron chi connectivity index (χ2n) is 9.47. The van der Waals surface area contributed by atoms with E-state index in [0.29, 0.717) is 23.7 Å². The molecule has 4 N–H and O–H groups in total. The first-order valence-electron chi connectivity index (χ1n) is 11.4. The van der Waals surface area contributed by atoms with E-state index in [4.69, 9.17) is 11.5 Å². The van der Waals surface area contributed by atoms with Crippen LogP contribution >= 0.6 is 0 Å². The maximum atomic E-state index is 6.67. The SMILES string of the molecule is CCC(C)c1cc(Cc2cc(C(C)CC)cc(C(C)C)c2N)c(N)c(C(C)C)c1. The molecule has 2 unspecified atom stereocenters. The molecule has 2 nitrogen and oxygen atoms in total. The van der Waals surface area contributed by atoms with Crippen molar-refractivity contribution in [1.82, 2.24) is 0 Å². The first-order chi connectivity index (χ1) is 13.6. The van der Waals surface area contributed by atoms with Gasteiger partial charge in [-0.25, -0.2) is 0 Å². The summed E-state index contributed by atoms with van der Waals surface area (Å²) in [6, 6.07) is 9.27. The highest BCUT2D eigenvalue weighted by Crippen LogP contribution is 2.36. The number of hydrogen-bond donors (Lipinski definition) is 2. The van der Waals surface area contributed by atoms with Crippen LogP contribution in [0.5, 0.6) is 0 Å². The molecular weight excluding hydrogens is 352 g/mol. The molecule has 0 aliphatic carbocycles. The van der Waals surface area contributed by atoms with Gasteiger partial charge in [0.15, 0.2) is 0 Å². The third kappa shape index (κ3) is 5.15. The van der Waals surface area contributed by atoms with Crippen LogP contribution in [0.15, 0.2) is 24.3 Å². The van der Waals surface area contributed by atoms with Gasteiger partial charge in [-0.3, -0.25) is 0 Å². The van der Waals surface area contributed by atoms with Crippen molar-refractivity contribution in [2.75, 3.05) is 11.5 Å². The Hall–Kier alpha value is -1.96. The summed E-state index contributed by atoms with van der Waals surface area (Å²) in [6.07, 6.45) is 3.06. The molecular formula is C27H42N2. The fourth-order valence-corrected chi connectivity index (χ4v) is 4.02. The van der Waals surface area contributed by atoms with Gasteiger partial charge in [-0.15, -0.1) is 0 Å². The van der Waals surface area contributed by atoms with Crippen LogP contribution in [0.1, 0.15) is 125 Å². The lowest BCUT2D eigenvalue weighted by molar-refractivity contribution is 0.726. The van der Waals surface area contributed by atoms with Gasteiger partial charge in [-0.1, -0.05) is 79.7 Å². The number of nitrogens with two attached hydrogens (primary N) is 2. The summed E-state index contributed by atoms with van der Waals surface area (Å²) in [6.45, 7) is 18.0. The molecule has 0 radical (unpaired) electrons. The molecule has 0 saturated heterocycles. The first-order valence-corrected chi connectivity index (χ1v) is 11.4. The maximum Gasteiger partial charge on any atom is 0.0385 e. The Labute approximate surface area is 179 Å². The number of benzene rings is 2. The van der Waals surface area contributed by atoms with E-state index in [1.165, 1.54) is 33.4 Å². The van der Waals surface area contributed by atoms with Crippen LogP contribution in [0, 0.1) is 0 Å². The standard InChI is InChI=1S/C27H42N2/c1-9-18(7)20-11-22(26(28)24(14-20)16(3)4)13-23-12-21(19(8)10-2)15-25(17(5)6)27(23)29/h11-12,14-19H,9-10,13,28-29H2,1-8H3. The van der Waals surface area contributed by atoms with Crippen molar-refractivity contribution in [3.63, 3.8) is 0 Å². The van der Waals surface area contributed by atoms with Crippen molar-refractivity contribution in [1.29, 1.82) is 0 Å². The molecule has 0 spiro atoms. The van der Waals surface area contributed by atoms with Crippen molar-refractivity contribution < 1.29 is 0 Å². The Balaban J connectivity index is 2.63. The Morgan fingerprint density at radius 2 is 0.966 bits per heavy atom. The lowest BCUT2D eigenvalue weighted by Crippen LogP contribution is -2.09. The second-order valence-corrected chi connectivity index (χ2v) is 9.47. The minimum absolute atomic E-state index is 0.410. The van der Waals surface area contributed by atoms with Gasteiger partial charge in [0.05, 0.1) is 0 Å². The van der Waals surface area contributed by atoms with Gasteiger partial charge in [0.25, 0.3) is 0 Å². The quantitative estimate of drug-likeness (QED) is 0.450. The molecule has 0 aromatic heterocycles. The molecule has 29 heavy (non-hydrogen) atoms. The van der Waals surface area contributed by atoms with Crippen molar-refractivity contribution in [2.45, 2.75) is 98.3 Å². The van der Waals surface area contributed by atoms with E-state index in [0.717, 1.165) is 30.6 Å². The average Bonchev–Trinajstić information content (AvgIpc) is 2.68. The number of anilines is 2. The summed E-state index contributed by atoms with van der Waals surface area (Å²) >= 11 is 0. The fourth-order valence-electron chi connectivity index (χ4n) is 4.02. The smallest absolute Gasteiger partial charge is 0.0385 e. The van der Waals surface area contributed by atoms with Crippen molar-refractivity contribution in [2.24, 2.45) is 0 Å². The predicted octanol–water partition coefficient (Wildman–Crippen LogP) is 7.72. The lowest BCUT2D eigenvalue weighted by atomic mass is 9.85. The van der Waals surface area contributed by atoms with Gasteiger partial charge in [-0.2, -0.15) is 0 Å². The summed E-state index contributed by atoms with van der Waals surface area (Å²) < 4.78 is 0. The first kappa shape index (κ1) is 23.3. The second kappa shape index (κ2) is 9.69. The number of rotatable bonds is 8. The Morgan fingerprint density at radius 3 is 1.24 bits per heavy atom. The highest BCUT2D eigenvalue weighted by molar-refractivity contribution is 5.63. The van der Waals surface area contributed by atoms with Gasteiger partial charge in [-0.05, 0) is 69.9 Å². The topological polar surface area (TPSA) is 52.0 Å².